The number of piperidine rings is 1. The summed E-state index contributed by atoms with van der Waals surface area (Å²) < 4.78 is 4.50. The molecule has 0 aromatic heterocycles. The van der Waals surface area contributed by atoms with Crippen molar-refractivity contribution in [2.75, 3.05) is 39.8 Å². The van der Waals surface area contributed by atoms with Crippen molar-refractivity contribution >= 4 is 11.9 Å². The third-order valence-electron chi connectivity index (χ3n) is 3.62. The van der Waals surface area contributed by atoms with Crippen molar-refractivity contribution in [3.8, 4) is 0 Å². The lowest BCUT2D eigenvalue weighted by Crippen LogP contribution is -2.44. The zero-order valence-electron chi connectivity index (χ0n) is 10.4. The Balaban J connectivity index is 1.71. The number of hydrogen-bond donors (Lipinski definition) is 0. The number of nitrogens with zero attached hydrogens (tertiary/aromatic N) is 2. The molecule has 5 heteroatoms. The second-order valence-electron chi connectivity index (χ2n) is 5.09. The Labute approximate surface area is 102 Å². The van der Waals surface area contributed by atoms with Gasteiger partial charge in [-0.05, 0) is 51.9 Å². The predicted molar refractivity (Wildman–Crippen MR) is 62.4 cm³/mol. The van der Waals surface area contributed by atoms with E-state index in [1.165, 1.54) is 12.8 Å². The second kappa shape index (κ2) is 5.60. The van der Waals surface area contributed by atoms with E-state index in [-0.39, 0.29) is 13.1 Å². The first kappa shape index (κ1) is 12.5. The fourth-order valence-corrected chi connectivity index (χ4v) is 2.49. The van der Waals surface area contributed by atoms with Gasteiger partial charge in [-0.15, -0.1) is 0 Å². The van der Waals surface area contributed by atoms with Gasteiger partial charge >= 0.3 is 11.9 Å². The molecule has 2 aliphatic heterocycles. The van der Waals surface area contributed by atoms with E-state index < -0.39 is 11.9 Å². The van der Waals surface area contributed by atoms with Crippen molar-refractivity contribution in [2.45, 2.75) is 19.3 Å². The fraction of sp³-hybridized carbons (Fsp3) is 0.833. The first-order valence-electron chi connectivity index (χ1n) is 6.28. The number of carbonyl (C=O) groups excluding carboxylic acids is 2. The number of esters is 2. The number of likely N-dealkylation sites (tertiary alicyclic amines) is 1. The number of hydrogen-bond acceptors (Lipinski definition) is 5. The highest BCUT2D eigenvalue weighted by molar-refractivity contribution is 5.90. The van der Waals surface area contributed by atoms with E-state index in [4.69, 9.17) is 0 Å². The summed E-state index contributed by atoms with van der Waals surface area (Å²) in [4.78, 5) is 26.4. The van der Waals surface area contributed by atoms with Crippen molar-refractivity contribution in [3.63, 3.8) is 0 Å². The second-order valence-corrected chi connectivity index (χ2v) is 5.09. The van der Waals surface area contributed by atoms with Gasteiger partial charge in [-0.3, -0.25) is 14.5 Å². The SMILES string of the molecule is CN1CCC(CCN2CC(=O)OC(=O)C2)CC1. The molecule has 0 aromatic carbocycles. The minimum absolute atomic E-state index is 0.262. The van der Waals surface area contributed by atoms with Gasteiger partial charge in [0.2, 0.25) is 0 Å². The molecule has 2 saturated heterocycles. The Bertz CT molecular complexity index is 282. The molecule has 17 heavy (non-hydrogen) atoms. The lowest BCUT2D eigenvalue weighted by molar-refractivity contribution is -0.166. The van der Waals surface area contributed by atoms with Gasteiger partial charge < -0.3 is 9.64 Å². The maximum absolute atomic E-state index is 11.1. The van der Waals surface area contributed by atoms with Crippen LogP contribution in [0.3, 0.4) is 0 Å². The normalized spacial score (nSPS) is 25.0. The largest absolute Gasteiger partial charge is 0.391 e. The zero-order chi connectivity index (χ0) is 12.3. The average molecular weight is 240 g/mol. The van der Waals surface area contributed by atoms with Crippen LogP contribution >= 0.6 is 0 Å². The van der Waals surface area contributed by atoms with E-state index in [0.29, 0.717) is 0 Å². The molecule has 0 aliphatic carbocycles. The predicted octanol–water partition coefficient (Wildman–Crippen LogP) is 0.104. The highest BCUT2D eigenvalue weighted by atomic mass is 16.6. The molecule has 96 valence electrons. The van der Waals surface area contributed by atoms with Crippen LogP contribution in [0.25, 0.3) is 0 Å². The summed E-state index contributed by atoms with van der Waals surface area (Å²) in [5.41, 5.74) is 0. The molecule has 0 spiro atoms. The molecular weight excluding hydrogens is 220 g/mol. The molecule has 0 unspecified atom stereocenters. The van der Waals surface area contributed by atoms with Gasteiger partial charge in [-0.25, -0.2) is 0 Å². The van der Waals surface area contributed by atoms with Crippen LogP contribution in [0.1, 0.15) is 19.3 Å². The minimum atomic E-state index is -0.412. The Morgan fingerprint density at radius 1 is 1.18 bits per heavy atom. The lowest BCUT2D eigenvalue weighted by atomic mass is 9.93. The number of ether oxygens (including phenoxy) is 1. The van der Waals surface area contributed by atoms with E-state index in [0.717, 1.165) is 32.0 Å². The van der Waals surface area contributed by atoms with Gasteiger partial charge in [0, 0.05) is 0 Å². The van der Waals surface area contributed by atoms with E-state index >= 15 is 0 Å². The van der Waals surface area contributed by atoms with E-state index in [1.807, 2.05) is 4.90 Å². The first-order valence-corrected chi connectivity index (χ1v) is 6.28. The molecule has 0 radical (unpaired) electrons. The van der Waals surface area contributed by atoms with Crippen LogP contribution in [0.15, 0.2) is 0 Å². The minimum Gasteiger partial charge on any atom is -0.391 e. The number of carbonyl (C=O) groups is 2. The monoisotopic (exact) mass is 240 g/mol. The summed E-state index contributed by atoms with van der Waals surface area (Å²) >= 11 is 0. The third kappa shape index (κ3) is 3.78. The third-order valence-corrected chi connectivity index (χ3v) is 3.62. The van der Waals surface area contributed by atoms with Crippen molar-refractivity contribution in [3.05, 3.63) is 0 Å². The summed E-state index contributed by atoms with van der Waals surface area (Å²) in [6, 6.07) is 0. The smallest absolute Gasteiger partial charge is 0.327 e. The summed E-state index contributed by atoms with van der Waals surface area (Å²) in [7, 11) is 2.15. The van der Waals surface area contributed by atoms with Crippen molar-refractivity contribution in [1.82, 2.24) is 9.80 Å². The molecular formula is C12H20N2O3. The quantitative estimate of drug-likeness (QED) is 0.517. The number of rotatable bonds is 3. The van der Waals surface area contributed by atoms with Gasteiger partial charge in [0.05, 0.1) is 13.1 Å². The van der Waals surface area contributed by atoms with E-state index in [9.17, 15) is 9.59 Å². The summed E-state index contributed by atoms with van der Waals surface area (Å²) in [5.74, 6) is -0.0893. The Hall–Kier alpha value is -0.940. The van der Waals surface area contributed by atoms with Crippen LogP contribution < -0.4 is 0 Å². The topological polar surface area (TPSA) is 49.9 Å². The van der Waals surface area contributed by atoms with Gasteiger partial charge in [0.25, 0.3) is 0 Å². The number of cyclic esters (lactones) is 2. The van der Waals surface area contributed by atoms with Crippen LogP contribution in [0.5, 0.6) is 0 Å². The molecule has 0 aromatic rings. The maximum Gasteiger partial charge on any atom is 0.327 e. The van der Waals surface area contributed by atoms with Gasteiger partial charge in [0.15, 0.2) is 0 Å². The summed E-state index contributed by atoms with van der Waals surface area (Å²) in [6.45, 7) is 3.67. The molecule has 0 amide bonds. The van der Waals surface area contributed by atoms with Crippen LogP contribution in [0.4, 0.5) is 0 Å². The van der Waals surface area contributed by atoms with Gasteiger partial charge in [-0.1, -0.05) is 0 Å². The molecule has 2 rings (SSSR count). The maximum atomic E-state index is 11.1. The van der Waals surface area contributed by atoms with E-state index in [1.54, 1.807) is 0 Å². The van der Waals surface area contributed by atoms with Crippen LogP contribution in [0.2, 0.25) is 0 Å². The van der Waals surface area contributed by atoms with Crippen molar-refractivity contribution in [2.24, 2.45) is 5.92 Å². The van der Waals surface area contributed by atoms with Crippen LogP contribution in [0, 0.1) is 5.92 Å². The molecule has 0 atom stereocenters. The Morgan fingerprint density at radius 3 is 2.35 bits per heavy atom. The highest BCUT2D eigenvalue weighted by Crippen LogP contribution is 2.20. The highest BCUT2D eigenvalue weighted by Gasteiger charge is 2.25. The van der Waals surface area contributed by atoms with Crippen LogP contribution in [-0.4, -0.2) is 61.5 Å². The Morgan fingerprint density at radius 2 is 1.76 bits per heavy atom. The first-order chi connectivity index (χ1) is 8.13. The van der Waals surface area contributed by atoms with Gasteiger partial charge in [0.1, 0.15) is 0 Å². The summed E-state index contributed by atoms with van der Waals surface area (Å²) in [5, 5.41) is 0. The molecule has 5 nitrogen and oxygen atoms in total. The van der Waals surface area contributed by atoms with Crippen LogP contribution in [-0.2, 0) is 14.3 Å². The van der Waals surface area contributed by atoms with Crippen molar-refractivity contribution < 1.29 is 14.3 Å². The molecule has 2 fully saturated rings. The van der Waals surface area contributed by atoms with Crippen molar-refractivity contribution in [1.29, 1.82) is 0 Å². The standard InChI is InChI=1S/C12H20N2O3/c1-13-5-2-10(3-6-13)4-7-14-8-11(15)17-12(16)9-14/h10H,2-9H2,1H3. The molecule has 0 bridgehead atoms. The van der Waals surface area contributed by atoms with E-state index in [2.05, 4.69) is 16.7 Å². The molecule has 2 aliphatic rings. The molecule has 2 heterocycles. The number of morpholine rings is 1. The zero-order valence-corrected chi connectivity index (χ0v) is 10.4. The fourth-order valence-electron chi connectivity index (χ4n) is 2.49. The molecule has 0 N–H and O–H groups in total. The Kier molecular flexibility index (Phi) is 4.12. The van der Waals surface area contributed by atoms with Gasteiger partial charge in [-0.2, -0.15) is 0 Å². The summed E-state index contributed by atoms with van der Waals surface area (Å²) in [6.07, 6.45) is 3.53. The average Bonchev–Trinajstić information content (AvgIpc) is 2.27. The molecule has 0 saturated carbocycles. The lowest BCUT2D eigenvalue weighted by Gasteiger charge is -2.31.